The van der Waals surface area contributed by atoms with E-state index in [1.54, 1.807) is 0 Å². The molecule has 3 nitrogen and oxygen atoms in total. The maximum atomic E-state index is 12.8. The molecule has 0 fully saturated rings. The van der Waals surface area contributed by atoms with Gasteiger partial charge in [-0.25, -0.2) is 4.39 Å². The van der Waals surface area contributed by atoms with Gasteiger partial charge in [0.1, 0.15) is 5.82 Å². The van der Waals surface area contributed by atoms with Gasteiger partial charge in [-0.2, -0.15) is 0 Å². The normalized spacial score (nSPS) is 12.9. The molecule has 1 aromatic carbocycles. The van der Waals surface area contributed by atoms with Crippen molar-refractivity contribution < 1.29 is 9.50 Å². The molecule has 0 bridgehead atoms. The molecular weight excluding hydrogens is 195 g/mol. The number of halogens is 2. The highest BCUT2D eigenvalue weighted by Crippen LogP contribution is 2.27. The van der Waals surface area contributed by atoms with Crippen LogP contribution in [0.1, 0.15) is 11.6 Å². The van der Waals surface area contributed by atoms with Crippen LogP contribution in [-0.4, -0.2) is 11.7 Å². The van der Waals surface area contributed by atoms with E-state index < -0.39 is 11.9 Å². The van der Waals surface area contributed by atoms with Gasteiger partial charge in [-0.1, -0.05) is 11.6 Å². The highest BCUT2D eigenvalue weighted by Gasteiger charge is 2.12. The number of hydrogen-bond donors (Lipinski definition) is 3. The SMILES string of the molecule is Nc1c(Cl)cc(F)cc1[C@H](N)CO. The zero-order valence-corrected chi connectivity index (χ0v) is 7.55. The molecule has 0 aromatic heterocycles. The smallest absolute Gasteiger partial charge is 0.125 e. The topological polar surface area (TPSA) is 72.3 Å². The second-order valence-corrected chi connectivity index (χ2v) is 3.09. The molecule has 1 aromatic rings. The number of hydrogen-bond acceptors (Lipinski definition) is 3. The average molecular weight is 205 g/mol. The number of aliphatic hydroxyl groups excluding tert-OH is 1. The predicted octanol–water partition coefficient (Wildman–Crippen LogP) is 1.05. The molecule has 0 aliphatic heterocycles. The van der Waals surface area contributed by atoms with E-state index in [0.29, 0.717) is 5.56 Å². The van der Waals surface area contributed by atoms with E-state index in [-0.39, 0.29) is 17.3 Å². The van der Waals surface area contributed by atoms with E-state index in [2.05, 4.69) is 0 Å². The summed E-state index contributed by atoms with van der Waals surface area (Å²) in [5.41, 5.74) is 11.6. The van der Waals surface area contributed by atoms with Crippen LogP contribution in [0.2, 0.25) is 5.02 Å². The van der Waals surface area contributed by atoms with Crippen molar-refractivity contribution in [2.45, 2.75) is 6.04 Å². The van der Waals surface area contributed by atoms with Crippen molar-refractivity contribution in [2.24, 2.45) is 5.73 Å². The lowest BCUT2D eigenvalue weighted by Crippen LogP contribution is -2.16. The molecule has 0 aliphatic carbocycles. The van der Waals surface area contributed by atoms with Crippen LogP contribution in [0.15, 0.2) is 12.1 Å². The molecule has 5 heteroatoms. The molecule has 0 saturated heterocycles. The van der Waals surface area contributed by atoms with Crippen molar-refractivity contribution in [1.82, 2.24) is 0 Å². The summed E-state index contributed by atoms with van der Waals surface area (Å²) in [7, 11) is 0. The molecule has 0 amide bonds. The Bertz CT molecular complexity index is 319. The van der Waals surface area contributed by atoms with E-state index >= 15 is 0 Å². The van der Waals surface area contributed by atoms with Gasteiger partial charge in [0.15, 0.2) is 0 Å². The molecule has 5 N–H and O–H groups in total. The van der Waals surface area contributed by atoms with Crippen molar-refractivity contribution in [2.75, 3.05) is 12.3 Å². The number of rotatable bonds is 2. The van der Waals surface area contributed by atoms with Gasteiger partial charge < -0.3 is 16.6 Å². The number of nitrogen functional groups attached to an aromatic ring is 1. The van der Waals surface area contributed by atoms with E-state index in [0.717, 1.165) is 6.07 Å². The first kappa shape index (κ1) is 10.2. The van der Waals surface area contributed by atoms with Gasteiger partial charge in [-0.3, -0.25) is 0 Å². The number of benzene rings is 1. The first-order valence-electron chi connectivity index (χ1n) is 3.67. The molecule has 0 spiro atoms. The summed E-state index contributed by atoms with van der Waals surface area (Å²) in [6, 6.07) is 1.57. The van der Waals surface area contributed by atoms with Crippen molar-refractivity contribution >= 4 is 17.3 Å². The van der Waals surface area contributed by atoms with Crippen LogP contribution in [0.4, 0.5) is 10.1 Å². The zero-order valence-electron chi connectivity index (χ0n) is 6.80. The van der Waals surface area contributed by atoms with Crippen LogP contribution < -0.4 is 11.5 Å². The monoisotopic (exact) mass is 204 g/mol. The summed E-state index contributed by atoms with van der Waals surface area (Å²) < 4.78 is 12.8. The molecular formula is C8H10ClFN2O. The molecule has 0 aliphatic rings. The van der Waals surface area contributed by atoms with Crippen molar-refractivity contribution in [1.29, 1.82) is 0 Å². The fourth-order valence-corrected chi connectivity index (χ4v) is 1.22. The minimum Gasteiger partial charge on any atom is -0.397 e. The van der Waals surface area contributed by atoms with Gasteiger partial charge in [0, 0.05) is 0 Å². The summed E-state index contributed by atoms with van der Waals surface area (Å²) in [6.07, 6.45) is 0. The Morgan fingerprint density at radius 2 is 2.15 bits per heavy atom. The van der Waals surface area contributed by atoms with Crippen LogP contribution in [0, 0.1) is 5.82 Å². The Hall–Kier alpha value is -0.840. The lowest BCUT2D eigenvalue weighted by molar-refractivity contribution is 0.268. The van der Waals surface area contributed by atoms with Crippen LogP contribution in [-0.2, 0) is 0 Å². The predicted molar refractivity (Wildman–Crippen MR) is 49.8 cm³/mol. The minimum atomic E-state index is -0.701. The van der Waals surface area contributed by atoms with E-state index in [1.807, 2.05) is 0 Å². The lowest BCUT2D eigenvalue weighted by atomic mass is 10.1. The van der Waals surface area contributed by atoms with Crippen molar-refractivity contribution in [3.05, 3.63) is 28.5 Å². The van der Waals surface area contributed by atoms with Crippen LogP contribution in [0.25, 0.3) is 0 Å². The molecule has 1 atom stereocenters. The third-order valence-corrected chi connectivity index (χ3v) is 2.04. The Kier molecular flexibility index (Phi) is 3.08. The largest absolute Gasteiger partial charge is 0.397 e. The Balaban J connectivity index is 3.20. The minimum absolute atomic E-state index is 0.110. The molecule has 0 heterocycles. The molecule has 72 valence electrons. The number of aliphatic hydroxyl groups is 1. The van der Waals surface area contributed by atoms with Gasteiger partial charge in [-0.15, -0.1) is 0 Å². The molecule has 0 radical (unpaired) electrons. The first-order chi connectivity index (χ1) is 6.06. The fraction of sp³-hybridized carbons (Fsp3) is 0.250. The van der Waals surface area contributed by atoms with Crippen molar-refractivity contribution in [3.8, 4) is 0 Å². The quantitative estimate of drug-likeness (QED) is 0.631. The summed E-state index contributed by atoms with van der Waals surface area (Å²) in [4.78, 5) is 0. The maximum absolute atomic E-state index is 12.8. The van der Waals surface area contributed by atoms with Gasteiger partial charge in [0.05, 0.1) is 23.4 Å². The van der Waals surface area contributed by atoms with E-state index in [1.165, 1.54) is 6.07 Å². The summed E-state index contributed by atoms with van der Waals surface area (Å²) >= 11 is 5.62. The standard InChI is InChI=1S/C8H10ClFN2O/c9-6-2-4(10)1-5(8(6)12)7(11)3-13/h1-2,7,13H,3,11-12H2/t7-/m1/s1. The summed E-state index contributed by atoms with van der Waals surface area (Å²) in [5, 5.41) is 8.86. The highest BCUT2D eigenvalue weighted by molar-refractivity contribution is 6.33. The van der Waals surface area contributed by atoms with E-state index in [9.17, 15) is 4.39 Å². The number of anilines is 1. The Morgan fingerprint density at radius 1 is 1.54 bits per heavy atom. The molecule has 0 unspecified atom stereocenters. The zero-order chi connectivity index (χ0) is 10.0. The average Bonchev–Trinajstić information content (AvgIpc) is 2.10. The highest BCUT2D eigenvalue weighted by atomic mass is 35.5. The Labute approximate surface area is 80.1 Å². The van der Waals surface area contributed by atoms with Crippen LogP contribution >= 0.6 is 11.6 Å². The maximum Gasteiger partial charge on any atom is 0.125 e. The second-order valence-electron chi connectivity index (χ2n) is 2.68. The van der Waals surface area contributed by atoms with Crippen LogP contribution in [0.5, 0.6) is 0 Å². The first-order valence-corrected chi connectivity index (χ1v) is 4.05. The third kappa shape index (κ3) is 2.09. The van der Waals surface area contributed by atoms with Crippen molar-refractivity contribution in [3.63, 3.8) is 0 Å². The van der Waals surface area contributed by atoms with Gasteiger partial charge in [0.25, 0.3) is 0 Å². The summed E-state index contributed by atoms with van der Waals surface area (Å²) in [5.74, 6) is -0.516. The summed E-state index contributed by atoms with van der Waals surface area (Å²) in [6.45, 7) is -0.302. The van der Waals surface area contributed by atoms with Gasteiger partial charge in [0.2, 0.25) is 0 Å². The van der Waals surface area contributed by atoms with E-state index in [4.69, 9.17) is 28.2 Å². The molecule has 1 rings (SSSR count). The fourth-order valence-electron chi connectivity index (χ4n) is 1.01. The molecule has 0 saturated carbocycles. The van der Waals surface area contributed by atoms with Gasteiger partial charge >= 0.3 is 0 Å². The Morgan fingerprint density at radius 3 is 2.69 bits per heavy atom. The number of nitrogens with two attached hydrogens (primary N) is 2. The van der Waals surface area contributed by atoms with Gasteiger partial charge in [-0.05, 0) is 17.7 Å². The third-order valence-electron chi connectivity index (χ3n) is 1.72. The molecule has 13 heavy (non-hydrogen) atoms. The lowest BCUT2D eigenvalue weighted by Gasteiger charge is -2.12. The van der Waals surface area contributed by atoms with Crippen LogP contribution in [0.3, 0.4) is 0 Å². The second kappa shape index (κ2) is 3.91.